The molecule has 2 aromatic carbocycles. The van der Waals surface area contributed by atoms with Crippen LogP contribution in [0.3, 0.4) is 0 Å². The summed E-state index contributed by atoms with van der Waals surface area (Å²) in [4.78, 5) is 32.1. The maximum Gasteiger partial charge on any atom is 0.251 e. The SMILES string of the molecule is O=C(NCCc1c[nH]c2ccccc12)c1ccc(C(=O)NCc2ccccn2)cc1. The summed E-state index contributed by atoms with van der Waals surface area (Å²) >= 11 is 0. The molecule has 0 saturated heterocycles. The summed E-state index contributed by atoms with van der Waals surface area (Å²) in [5.74, 6) is -0.359. The summed E-state index contributed by atoms with van der Waals surface area (Å²) in [5, 5.41) is 6.93. The zero-order valence-electron chi connectivity index (χ0n) is 16.4. The summed E-state index contributed by atoms with van der Waals surface area (Å²) in [5.41, 5.74) is 4.08. The smallest absolute Gasteiger partial charge is 0.251 e. The summed E-state index contributed by atoms with van der Waals surface area (Å²) in [6.45, 7) is 0.892. The molecule has 6 heteroatoms. The van der Waals surface area contributed by atoms with Crippen LogP contribution in [0.4, 0.5) is 0 Å². The largest absolute Gasteiger partial charge is 0.361 e. The number of aromatic nitrogens is 2. The van der Waals surface area contributed by atoms with Gasteiger partial charge in [-0.05, 0) is 54.4 Å². The van der Waals surface area contributed by atoms with Gasteiger partial charge in [-0.3, -0.25) is 14.6 Å². The lowest BCUT2D eigenvalue weighted by atomic mass is 10.1. The number of fused-ring (bicyclic) bond motifs is 1. The number of nitrogens with zero attached hydrogens (tertiary/aromatic N) is 1. The van der Waals surface area contributed by atoms with Crippen molar-refractivity contribution in [1.82, 2.24) is 20.6 Å². The van der Waals surface area contributed by atoms with Crippen LogP contribution in [0.25, 0.3) is 10.9 Å². The molecular weight excluding hydrogens is 376 g/mol. The number of nitrogens with one attached hydrogen (secondary N) is 3. The zero-order valence-corrected chi connectivity index (χ0v) is 16.4. The fourth-order valence-corrected chi connectivity index (χ4v) is 3.30. The van der Waals surface area contributed by atoms with Crippen LogP contribution < -0.4 is 10.6 Å². The molecule has 0 unspecified atom stereocenters. The van der Waals surface area contributed by atoms with Crippen molar-refractivity contribution in [3.05, 3.63) is 102 Å². The maximum atomic E-state index is 12.4. The quantitative estimate of drug-likeness (QED) is 0.446. The van der Waals surface area contributed by atoms with Crippen molar-refractivity contribution >= 4 is 22.7 Å². The molecule has 0 bridgehead atoms. The van der Waals surface area contributed by atoms with Crippen molar-refractivity contribution in [3.8, 4) is 0 Å². The Kier molecular flexibility index (Phi) is 5.85. The highest BCUT2D eigenvalue weighted by Gasteiger charge is 2.10. The lowest BCUT2D eigenvalue weighted by molar-refractivity contribution is 0.0940. The predicted molar refractivity (Wildman–Crippen MR) is 116 cm³/mol. The zero-order chi connectivity index (χ0) is 20.8. The van der Waals surface area contributed by atoms with Gasteiger partial charge in [0.1, 0.15) is 0 Å². The van der Waals surface area contributed by atoms with E-state index in [0.717, 1.165) is 17.6 Å². The number of carbonyl (C=O) groups is 2. The van der Waals surface area contributed by atoms with E-state index in [2.05, 4.69) is 26.7 Å². The van der Waals surface area contributed by atoms with E-state index in [-0.39, 0.29) is 11.8 Å². The van der Waals surface area contributed by atoms with Crippen LogP contribution in [0.1, 0.15) is 32.0 Å². The van der Waals surface area contributed by atoms with Crippen LogP contribution in [0.2, 0.25) is 0 Å². The molecule has 0 radical (unpaired) electrons. The van der Waals surface area contributed by atoms with E-state index in [1.54, 1.807) is 30.5 Å². The van der Waals surface area contributed by atoms with Gasteiger partial charge in [-0.1, -0.05) is 24.3 Å². The first kappa shape index (κ1) is 19.4. The second-order valence-electron chi connectivity index (χ2n) is 6.95. The molecule has 0 aliphatic heterocycles. The van der Waals surface area contributed by atoms with Gasteiger partial charge >= 0.3 is 0 Å². The van der Waals surface area contributed by atoms with Gasteiger partial charge < -0.3 is 15.6 Å². The Balaban J connectivity index is 1.28. The lowest BCUT2D eigenvalue weighted by Crippen LogP contribution is -2.26. The van der Waals surface area contributed by atoms with E-state index >= 15 is 0 Å². The van der Waals surface area contributed by atoms with Crippen LogP contribution in [0.5, 0.6) is 0 Å². The maximum absolute atomic E-state index is 12.4. The van der Waals surface area contributed by atoms with Crippen molar-refractivity contribution in [3.63, 3.8) is 0 Å². The van der Waals surface area contributed by atoms with Crippen LogP contribution in [0, 0.1) is 0 Å². The fraction of sp³-hybridized carbons (Fsp3) is 0.125. The molecule has 0 aliphatic rings. The number of hydrogen-bond donors (Lipinski definition) is 3. The van der Waals surface area contributed by atoms with Gasteiger partial charge in [-0.25, -0.2) is 0 Å². The van der Waals surface area contributed by atoms with Crippen molar-refractivity contribution in [2.75, 3.05) is 6.54 Å². The van der Waals surface area contributed by atoms with Gasteiger partial charge in [-0.15, -0.1) is 0 Å². The minimum absolute atomic E-state index is 0.157. The lowest BCUT2D eigenvalue weighted by Gasteiger charge is -2.07. The van der Waals surface area contributed by atoms with E-state index in [4.69, 9.17) is 0 Å². The highest BCUT2D eigenvalue weighted by Crippen LogP contribution is 2.17. The molecule has 2 heterocycles. The standard InChI is InChI=1S/C24H22N4O2/c29-23(26-14-12-19-15-27-22-7-2-1-6-21(19)22)17-8-10-18(11-9-17)24(30)28-16-20-5-3-4-13-25-20/h1-11,13,15,27H,12,14,16H2,(H,26,29)(H,28,30). The number of amides is 2. The summed E-state index contributed by atoms with van der Waals surface area (Å²) in [7, 11) is 0. The number of carbonyl (C=O) groups excluding carboxylic acids is 2. The Hall–Kier alpha value is -3.93. The average molecular weight is 398 g/mol. The molecular formula is C24H22N4O2. The molecule has 2 aromatic heterocycles. The molecule has 4 aromatic rings. The van der Waals surface area contributed by atoms with Crippen LogP contribution in [-0.4, -0.2) is 28.3 Å². The molecule has 0 atom stereocenters. The van der Waals surface area contributed by atoms with Gasteiger partial charge in [0.25, 0.3) is 11.8 Å². The summed E-state index contributed by atoms with van der Waals surface area (Å²) in [6, 6.07) is 20.3. The highest BCUT2D eigenvalue weighted by molar-refractivity contribution is 5.97. The summed E-state index contributed by atoms with van der Waals surface area (Å²) in [6.07, 6.45) is 4.41. The van der Waals surface area contributed by atoms with E-state index in [9.17, 15) is 9.59 Å². The number of para-hydroxylation sites is 1. The van der Waals surface area contributed by atoms with Crippen molar-refractivity contribution < 1.29 is 9.59 Å². The van der Waals surface area contributed by atoms with Crippen LogP contribution in [-0.2, 0) is 13.0 Å². The predicted octanol–water partition coefficient (Wildman–Crippen LogP) is 3.47. The van der Waals surface area contributed by atoms with E-state index in [1.165, 1.54) is 10.9 Å². The number of rotatable bonds is 7. The number of hydrogen-bond acceptors (Lipinski definition) is 3. The monoisotopic (exact) mass is 398 g/mol. The average Bonchev–Trinajstić information content (AvgIpc) is 3.21. The third-order valence-electron chi connectivity index (χ3n) is 4.92. The Bertz CT molecular complexity index is 1150. The molecule has 3 N–H and O–H groups in total. The topological polar surface area (TPSA) is 86.9 Å². The molecule has 150 valence electrons. The first-order chi connectivity index (χ1) is 14.7. The number of aromatic amines is 1. The normalized spacial score (nSPS) is 10.7. The Morgan fingerprint density at radius 3 is 2.27 bits per heavy atom. The summed E-state index contributed by atoms with van der Waals surface area (Å²) < 4.78 is 0. The van der Waals surface area contributed by atoms with Crippen molar-refractivity contribution in [2.24, 2.45) is 0 Å². The second kappa shape index (κ2) is 9.05. The first-order valence-electron chi connectivity index (χ1n) is 9.82. The molecule has 0 fully saturated rings. The number of benzene rings is 2. The van der Waals surface area contributed by atoms with Gasteiger partial charge in [0.2, 0.25) is 0 Å². The van der Waals surface area contributed by atoms with E-state index in [0.29, 0.717) is 24.2 Å². The number of H-pyrrole nitrogens is 1. The molecule has 0 aliphatic carbocycles. The Morgan fingerprint density at radius 2 is 1.53 bits per heavy atom. The molecule has 2 amide bonds. The minimum atomic E-state index is -0.202. The Labute approximate surface area is 174 Å². The molecule has 30 heavy (non-hydrogen) atoms. The van der Waals surface area contributed by atoms with Gasteiger partial charge in [0.05, 0.1) is 12.2 Å². The van der Waals surface area contributed by atoms with E-state index < -0.39 is 0 Å². The van der Waals surface area contributed by atoms with Crippen molar-refractivity contribution in [2.45, 2.75) is 13.0 Å². The highest BCUT2D eigenvalue weighted by atomic mass is 16.2. The third kappa shape index (κ3) is 4.55. The minimum Gasteiger partial charge on any atom is -0.361 e. The Morgan fingerprint density at radius 1 is 0.833 bits per heavy atom. The van der Waals surface area contributed by atoms with E-state index in [1.807, 2.05) is 42.6 Å². The molecule has 0 saturated carbocycles. The van der Waals surface area contributed by atoms with Crippen molar-refractivity contribution in [1.29, 1.82) is 0 Å². The molecule has 6 nitrogen and oxygen atoms in total. The fourth-order valence-electron chi connectivity index (χ4n) is 3.30. The van der Waals surface area contributed by atoms with Gasteiger partial charge in [0.15, 0.2) is 0 Å². The van der Waals surface area contributed by atoms with Crippen LogP contribution >= 0.6 is 0 Å². The number of pyridine rings is 1. The van der Waals surface area contributed by atoms with Crippen LogP contribution in [0.15, 0.2) is 79.1 Å². The van der Waals surface area contributed by atoms with Gasteiger partial charge in [-0.2, -0.15) is 0 Å². The molecule has 4 rings (SSSR count). The third-order valence-corrected chi connectivity index (χ3v) is 4.92. The second-order valence-corrected chi connectivity index (χ2v) is 6.95. The first-order valence-corrected chi connectivity index (χ1v) is 9.82. The molecule has 0 spiro atoms. The van der Waals surface area contributed by atoms with Gasteiger partial charge in [0, 0.05) is 41.0 Å².